The number of pyridine rings is 2. The summed E-state index contributed by atoms with van der Waals surface area (Å²) >= 11 is 1.29. The molecule has 1 aliphatic carbocycles. The van der Waals surface area contributed by atoms with Gasteiger partial charge in [-0.05, 0) is 54.9 Å². The Balaban J connectivity index is 1.27. The molecule has 1 N–H and O–H groups in total. The maximum absolute atomic E-state index is 12.1. The molecule has 0 aliphatic heterocycles. The number of aromatic nitrogens is 4. The van der Waals surface area contributed by atoms with Gasteiger partial charge in [-0.25, -0.2) is 0 Å². The molecule has 1 aliphatic rings. The fourth-order valence-electron chi connectivity index (χ4n) is 4.04. The number of nitrogens with one attached hydrogen (secondary N) is 1. The predicted octanol–water partition coefficient (Wildman–Crippen LogP) is 4.84. The van der Waals surface area contributed by atoms with Crippen molar-refractivity contribution >= 4 is 28.1 Å². The molecule has 0 saturated heterocycles. The van der Waals surface area contributed by atoms with E-state index in [-0.39, 0.29) is 12.6 Å². The number of anilines is 2. The van der Waals surface area contributed by atoms with Gasteiger partial charge in [0.05, 0.1) is 37.2 Å². The fourth-order valence-corrected chi connectivity index (χ4v) is 4.65. The molecule has 0 radical (unpaired) electrons. The third-order valence-corrected chi connectivity index (χ3v) is 6.88. The summed E-state index contributed by atoms with van der Waals surface area (Å²) in [4.78, 5) is 20.9. The van der Waals surface area contributed by atoms with Gasteiger partial charge < -0.3 is 19.5 Å². The van der Waals surface area contributed by atoms with Crippen molar-refractivity contribution in [2.45, 2.75) is 31.8 Å². The molecule has 1 aromatic carbocycles. The summed E-state index contributed by atoms with van der Waals surface area (Å²) in [7, 11) is 3.07. The number of ether oxygens (including phenoxy) is 3. The second-order valence-corrected chi connectivity index (χ2v) is 9.41. The second kappa shape index (κ2) is 9.90. The molecule has 0 unspecified atom stereocenters. The number of aryl methyl sites for hydroxylation is 1. The van der Waals surface area contributed by atoms with Crippen LogP contribution in [0.1, 0.15) is 29.8 Å². The minimum absolute atomic E-state index is 0.208. The first-order valence-corrected chi connectivity index (χ1v) is 12.2. The van der Waals surface area contributed by atoms with E-state index in [4.69, 9.17) is 14.2 Å². The molecule has 5 rings (SSSR count). The van der Waals surface area contributed by atoms with Gasteiger partial charge in [0.2, 0.25) is 5.13 Å². The molecule has 0 atom stereocenters. The van der Waals surface area contributed by atoms with E-state index in [2.05, 4.69) is 25.5 Å². The molecule has 3 aromatic heterocycles. The fraction of sp³-hybridized carbons (Fsp3) is 0.269. The summed E-state index contributed by atoms with van der Waals surface area (Å²) in [5.74, 6) is 0.560. The number of nitrogens with zero attached hydrogens (tertiary/aromatic N) is 4. The Morgan fingerprint density at radius 3 is 2.61 bits per heavy atom. The van der Waals surface area contributed by atoms with E-state index < -0.39 is 5.41 Å². The zero-order valence-electron chi connectivity index (χ0n) is 20.1. The molecule has 36 heavy (non-hydrogen) atoms. The first-order valence-electron chi connectivity index (χ1n) is 11.4. The van der Waals surface area contributed by atoms with Gasteiger partial charge in [0.25, 0.3) is 5.19 Å². The van der Waals surface area contributed by atoms with Crippen LogP contribution in [0.15, 0.2) is 54.9 Å². The van der Waals surface area contributed by atoms with Crippen LogP contribution in [0, 0.1) is 6.92 Å². The molecular weight excluding hydrogens is 478 g/mol. The number of carbonyl (C=O) groups is 1. The molecule has 9 nitrogen and oxygen atoms in total. The Bertz CT molecular complexity index is 1390. The Hall–Kier alpha value is -4.05. The van der Waals surface area contributed by atoms with E-state index in [9.17, 15) is 4.79 Å². The lowest BCUT2D eigenvalue weighted by molar-refractivity contribution is -0.143. The predicted molar refractivity (Wildman–Crippen MR) is 136 cm³/mol. The summed E-state index contributed by atoms with van der Waals surface area (Å²) in [6.45, 7) is 2.18. The Labute approximate surface area is 212 Å². The summed E-state index contributed by atoms with van der Waals surface area (Å²) in [5.41, 5.74) is 4.63. The van der Waals surface area contributed by atoms with Gasteiger partial charge in [-0.2, -0.15) is 0 Å². The van der Waals surface area contributed by atoms with E-state index in [1.165, 1.54) is 18.4 Å². The van der Waals surface area contributed by atoms with Gasteiger partial charge in [0, 0.05) is 23.0 Å². The van der Waals surface area contributed by atoms with Crippen molar-refractivity contribution in [1.82, 2.24) is 20.2 Å². The lowest BCUT2D eigenvalue weighted by Crippen LogP contribution is -2.22. The van der Waals surface area contributed by atoms with Crippen LogP contribution in [0.2, 0.25) is 0 Å². The highest BCUT2D eigenvalue weighted by molar-refractivity contribution is 7.17. The smallest absolute Gasteiger partial charge is 0.316 e. The average molecular weight is 504 g/mol. The van der Waals surface area contributed by atoms with Crippen LogP contribution in [0.3, 0.4) is 0 Å². The number of hydrogen-bond donors (Lipinski definition) is 1. The maximum Gasteiger partial charge on any atom is 0.316 e. The number of rotatable bonds is 9. The summed E-state index contributed by atoms with van der Waals surface area (Å²) in [6.07, 6.45) is 5.06. The molecule has 0 spiro atoms. The monoisotopic (exact) mass is 503 g/mol. The normalized spacial score (nSPS) is 13.6. The average Bonchev–Trinajstić information content (AvgIpc) is 3.61. The van der Waals surface area contributed by atoms with Gasteiger partial charge in [-0.15, -0.1) is 5.10 Å². The van der Waals surface area contributed by atoms with Gasteiger partial charge in [-0.1, -0.05) is 29.4 Å². The van der Waals surface area contributed by atoms with Crippen molar-refractivity contribution in [3.8, 4) is 22.1 Å². The third-order valence-electron chi connectivity index (χ3n) is 6.13. The van der Waals surface area contributed by atoms with Crippen molar-refractivity contribution in [2.24, 2.45) is 0 Å². The Morgan fingerprint density at radius 1 is 1.06 bits per heavy atom. The molecule has 0 bridgehead atoms. The Morgan fingerprint density at radius 2 is 1.89 bits per heavy atom. The highest BCUT2D eigenvalue weighted by Crippen LogP contribution is 2.49. The number of esters is 1. The maximum atomic E-state index is 12.1. The van der Waals surface area contributed by atoms with Crippen LogP contribution in [0.5, 0.6) is 10.9 Å². The number of para-hydroxylation sites is 1. The van der Waals surface area contributed by atoms with E-state index in [0.717, 1.165) is 52.4 Å². The SMILES string of the molecule is COC(=O)C1(c2ccc(COc3nnc(Nc4cnc(C)cc4-c4ccccc4OC)s3)nc2)CC1. The van der Waals surface area contributed by atoms with Crippen LogP contribution in [0.25, 0.3) is 11.1 Å². The first-order chi connectivity index (χ1) is 17.5. The van der Waals surface area contributed by atoms with Gasteiger partial charge in [-0.3, -0.25) is 14.8 Å². The van der Waals surface area contributed by atoms with Crippen LogP contribution >= 0.6 is 11.3 Å². The molecule has 1 fully saturated rings. The van der Waals surface area contributed by atoms with Gasteiger partial charge in [0.15, 0.2) is 0 Å². The molecule has 3 heterocycles. The van der Waals surface area contributed by atoms with Crippen molar-refractivity contribution in [3.63, 3.8) is 0 Å². The van der Waals surface area contributed by atoms with E-state index in [0.29, 0.717) is 10.3 Å². The van der Waals surface area contributed by atoms with E-state index in [1.807, 2.05) is 49.4 Å². The van der Waals surface area contributed by atoms with Crippen molar-refractivity contribution in [1.29, 1.82) is 0 Å². The standard InChI is InChI=1S/C26H25N5O4S/c1-16-12-20(19-6-4-5-7-22(19)33-2)21(14-27-16)29-24-30-31-25(36-24)35-15-18-9-8-17(13-28-18)26(10-11-26)23(32)34-3/h4-9,12-14H,10-11,15H2,1-3H3,(H,29,30). The molecular formula is C26H25N5O4S. The lowest BCUT2D eigenvalue weighted by atomic mass is 9.98. The van der Waals surface area contributed by atoms with Crippen LogP contribution < -0.4 is 14.8 Å². The second-order valence-electron chi connectivity index (χ2n) is 8.47. The van der Waals surface area contributed by atoms with Crippen molar-refractivity contribution < 1.29 is 19.0 Å². The molecule has 184 valence electrons. The van der Waals surface area contributed by atoms with E-state index in [1.54, 1.807) is 19.5 Å². The number of methoxy groups -OCH3 is 2. The lowest BCUT2D eigenvalue weighted by Gasteiger charge is -2.13. The highest BCUT2D eigenvalue weighted by atomic mass is 32.1. The number of carbonyl (C=O) groups excluding carboxylic acids is 1. The van der Waals surface area contributed by atoms with Crippen LogP contribution in [-0.2, 0) is 21.6 Å². The van der Waals surface area contributed by atoms with Crippen LogP contribution in [0.4, 0.5) is 10.8 Å². The third kappa shape index (κ3) is 4.72. The topological polar surface area (TPSA) is 108 Å². The zero-order chi connectivity index (χ0) is 25.1. The number of benzene rings is 1. The highest BCUT2D eigenvalue weighted by Gasteiger charge is 2.52. The molecule has 1 saturated carbocycles. The van der Waals surface area contributed by atoms with Crippen molar-refractivity contribution in [3.05, 3.63) is 71.8 Å². The quantitative estimate of drug-likeness (QED) is 0.321. The number of hydrogen-bond acceptors (Lipinski definition) is 10. The summed E-state index contributed by atoms with van der Waals surface area (Å²) in [6, 6.07) is 13.6. The molecule has 10 heteroatoms. The molecule has 0 amide bonds. The van der Waals surface area contributed by atoms with Crippen LogP contribution in [-0.4, -0.2) is 40.4 Å². The zero-order valence-corrected chi connectivity index (χ0v) is 21.0. The summed E-state index contributed by atoms with van der Waals surface area (Å²) < 4.78 is 16.3. The molecule has 4 aromatic rings. The minimum atomic E-state index is -0.533. The van der Waals surface area contributed by atoms with Gasteiger partial charge >= 0.3 is 5.97 Å². The van der Waals surface area contributed by atoms with Gasteiger partial charge in [0.1, 0.15) is 12.4 Å². The first kappa shape index (κ1) is 23.7. The van der Waals surface area contributed by atoms with Crippen molar-refractivity contribution in [2.75, 3.05) is 19.5 Å². The van der Waals surface area contributed by atoms with E-state index >= 15 is 0 Å². The minimum Gasteiger partial charge on any atom is -0.496 e. The Kier molecular flexibility index (Phi) is 6.51. The largest absolute Gasteiger partial charge is 0.496 e. The summed E-state index contributed by atoms with van der Waals surface area (Å²) in [5, 5.41) is 12.6.